The molecule has 3 unspecified atom stereocenters. The number of carbonyl (C=O) groups is 4. The van der Waals surface area contributed by atoms with Gasteiger partial charge in [-0.3, -0.25) is 19.3 Å². The molecule has 1 aliphatic carbocycles. The molecular weight excluding hydrogens is 497 g/mol. The lowest BCUT2D eigenvalue weighted by molar-refractivity contribution is -0.138. The first-order valence-electron chi connectivity index (χ1n) is 11.2. The number of likely N-dealkylation sites (tertiary alicyclic amines) is 1. The number of benzene rings is 1. The van der Waals surface area contributed by atoms with E-state index in [1.807, 2.05) is 4.90 Å². The molecule has 0 spiro atoms. The van der Waals surface area contributed by atoms with Crippen molar-refractivity contribution in [2.24, 2.45) is 11.7 Å². The minimum atomic E-state index is -1.17. The molecule has 2 aliphatic rings. The van der Waals surface area contributed by atoms with Crippen LogP contribution in [0.4, 0.5) is 4.39 Å². The zero-order valence-corrected chi connectivity index (χ0v) is 20.5. The fourth-order valence-corrected chi connectivity index (χ4v) is 6.73. The van der Waals surface area contributed by atoms with Gasteiger partial charge in [-0.15, -0.1) is 0 Å². The standard InChI is InChI=1S/C23H28FN3O6S2/c24-16-4-2-1-3-15(16)21(22(32)13-5-6-13)27-8-7-18(14(11-27)9-19(28)29)35-34-12-17(25)23(33)26-10-20(30)31/h1-4,9,13,17-18,21H,5-8,10-12,25H2,(H,26,33)(H,28,29)(H,30,31)/b14-9-. The summed E-state index contributed by atoms with van der Waals surface area (Å²) in [4.78, 5) is 48.9. The number of nitrogens with two attached hydrogens (primary N) is 1. The number of aliphatic carboxylic acids is 2. The van der Waals surface area contributed by atoms with E-state index in [-0.39, 0.29) is 29.2 Å². The second-order valence-corrected chi connectivity index (χ2v) is 11.1. The van der Waals surface area contributed by atoms with Crippen LogP contribution in [0.3, 0.4) is 0 Å². The van der Waals surface area contributed by atoms with Crippen molar-refractivity contribution in [3.63, 3.8) is 0 Å². The summed E-state index contributed by atoms with van der Waals surface area (Å²) in [6, 6.07) is 4.50. The van der Waals surface area contributed by atoms with E-state index in [1.54, 1.807) is 18.2 Å². The highest BCUT2D eigenvalue weighted by Crippen LogP contribution is 2.42. The van der Waals surface area contributed by atoms with Crippen LogP contribution < -0.4 is 11.1 Å². The Morgan fingerprint density at radius 1 is 1.20 bits per heavy atom. The third kappa shape index (κ3) is 7.79. The maximum absolute atomic E-state index is 14.7. The summed E-state index contributed by atoms with van der Waals surface area (Å²) in [5.74, 6) is -3.25. The Hall–Kier alpha value is -2.41. The molecule has 2 fully saturated rings. The van der Waals surface area contributed by atoms with Crippen LogP contribution in [0, 0.1) is 11.7 Å². The van der Waals surface area contributed by atoms with Crippen LogP contribution in [0.25, 0.3) is 0 Å². The minimum Gasteiger partial charge on any atom is -0.480 e. The first-order chi connectivity index (χ1) is 16.7. The maximum atomic E-state index is 14.7. The van der Waals surface area contributed by atoms with Crippen LogP contribution in [0.2, 0.25) is 0 Å². The molecule has 1 saturated heterocycles. The number of piperidine rings is 1. The number of Topliss-reactive ketones (excluding diaryl/α,β-unsaturated/α-hetero) is 1. The van der Waals surface area contributed by atoms with Gasteiger partial charge in [-0.05, 0) is 30.9 Å². The summed E-state index contributed by atoms with van der Waals surface area (Å²) in [6.07, 6.45) is 3.22. The SMILES string of the molecule is NC(CSSC1CCN(C(C(=O)C2CC2)c2ccccc2F)C/C1=C/C(=O)O)C(=O)NCC(=O)O. The van der Waals surface area contributed by atoms with E-state index in [9.17, 15) is 28.7 Å². The Labute approximate surface area is 210 Å². The number of carboxylic acids is 2. The maximum Gasteiger partial charge on any atom is 0.328 e. The monoisotopic (exact) mass is 525 g/mol. The van der Waals surface area contributed by atoms with E-state index in [4.69, 9.17) is 10.8 Å². The Balaban J connectivity index is 1.67. The van der Waals surface area contributed by atoms with Crippen LogP contribution in [0.15, 0.2) is 35.9 Å². The molecular formula is C23H28FN3O6S2. The predicted octanol–water partition coefficient (Wildman–Crippen LogP) is 1.84. The van der Waals surface area contributed by atoms with Gasteiger partial charge in [0.05, 0.1) is 12.1 Å². The molecule has 12 heteroatoms. The lowest BCUT2D eigenvalue weighted by Crippen LogP contribution is -2.44. The molecule has 1 saturated carbocycles. The van der Waals surface area contributed by atoms with Crippen LogP contribution in [0.5, 0.6) is 0 Å². The van der Waals surface area contributed by atoms with Crippen LogP contribution in [0.1, 0.15) is 30.9 Å². The fraction of sp³-hybridized carbons (Fsp3) is 0.478. The Morgan fingerprint density at radius 3 is 2.54 bits per heavy atom. The summed E-state index contributed by atoms with van der Waals surface area (Å²) in [6.45, 7) is 0.155. The number of amides is 1. The lowest BCUT2D eigenvalue weighted by atomic mass is 9.93. The Bertz CT molecular complexity index is 1000. The largest absolute Gasteiger partial charge is 0.480 e. The van der Waals surface area contributed by atoms with Gasteiger partial charge in [-0.25, -0.2) is 9.18 Å². The van der Waals surface area contributed by atoms with Gasteiger partial charge in [0, 0.05) is 41.6 Å². The van der Waals surface area contributed by atoms with Gasteiger partial charge in [0.1, 0.15) is 12.4 Å². The number of rotatable bonds is 12. The van der Waals surface area contributed by atoms with E-state index in [0.29, 0.717) is 24.1 Å². The van der Waals surface area contributed by atoms with Crippen molar-refractivity contribution in [3.8, 4) is 0 Å². The molecule has 3 rings (SSSR count). The molecule has 0 radical (unpaired) electrons. The number of nitrogens with one attached hydrogen (secondary N) is 1. The summed E-state index contributed by atoms with van der Waals surface area (Å²) in [7, 11) is 2.68. The van der Waals surface area contributed by atoms with Gasteiger partial charge < -0.3 is 21.3 Å². The molecule has 190 valence electrons. The fourth-order valence-electron chi connectivity index (χ4n) is 3.89. The molecule has 1 heterocycles. The number of carbonyl (C=O) groups excluding carboxylic acids is 2. The zero-order valence-electron chi connectivity index (χ0n) is 18.9. The summed E-state index contributed by atoms with van der Waals surface area (Å²) in [5, 5.41) is 20.1. The molecule has 9 nitrogen and oxygen atoms in total. The molecule has 1 aliphatic heterocycles. The third-order valence-electron chi connectivity index (χ3n) is 5.78. The highest BCUT2D eigenvalue weighted by atomic mass is 33.1. The molecule has 1 aromatic rings. The van der Waals surface area contributed by atoms with Gasteiger partial charge in [-0.2, -0.15) is 0 Å². The number of hydrogen-bond donors (Lipinski definition) is 4. The second kappa shape index (κ2) is 12.5. The average Bonchev–Trinajstić information content (AvgIpc) is 3.65. The molecule has 35 heavy (non-hydrogen) atoms. The third-order valence-corrected chi connectivity index (χ3v) is 8.70. The summed E-state index contributed by atoms with van der Waals surface area (Å²) < 4.78 is 14.7. The molecule has 0 bridgehead atoms. The van der Waals surface area contributed by atoms with E-state index >= 15 is 0 Å². The van der Waals surface area contributed by atoms with Gasteiger partial charge in [0.25, 0.3) is 0 Å². The first kappa shape index (κ1) is 27.2. The second-order valence-electron chi connectivity index (χ2n) is 8.50. The van der Waals surface area contributed by atoms with Crippen LogP contribution in [-0.2, 0) is 19.2 Å². The summed E-state index contributed by atoms with van der Waals surface area (Å²) >= 11 is 0. The highest BCUT2D eigenvalue weighted by molar-refractivity contribution is 8.77. The van der Waals surface area contributed by atoms with Crippen molar-refractivity contribution in [1.82, 2.24) is 10.2 Å². The number of carboxylic acid groups (broad SMARTS) is 2. The number of halogens is 1. The van der Waals surface area contributed by atoms with E-state index in [2.05, 4.69) is 5.32 Å². The van der Waals surface area contributed by atoms with Crippen molar-refractivity contribution in [2.75, 3.05) is 25.4 Å². The van der Waals surface area contributed by atoms with Crippen molar-refractivity contribution < 1.29 is 33.8 Å². The molecule has 1 aromatic carbocycles. The van der Waals surface area contributed by atoms with Crippen LogP contribution in [-0.4, -0.2) is 75.4 Å². The lowest BCUT2D eigenvalue weighted by Gasteiger charge is -2.38. The van der Waals surface area contributed by atoms with Crippen molar-refractivity contribution in [2.45, 2.75) is 36.6 Å². The first-order valence-corrected chi connectivity index (χ1v) is 13.5. The normalized spacial score (nSPS) is 21.3. The van der Waals surface area contributed by atoms with E-state index in [1.165, 1.54) is 27.7 Å². The van der Waals surface area contributed by atoms with E-state index < -0.39 is 42.3 Å². The number of hydrogen-bond acceptors (Lipinski definition) is 8. The van der Waals surface area contributed by atoms with Gasteiger partial charge in [0.2, 0.25) is 5.91 Å². The topological polar surface area (TPSA) is 150 Å². The molecule has 0 aromatic heterocycles. The van der Waals surface area contributed by atoms with E-state index in [0.717, 1.165) is 18.9 Å². The summed E-state index contributed by atoms with van der Waals surface area (Å²) in [5.41, 5.74) is 6.71. The average molecular weight is 526 g/mol. The Morgan fingerprint density at radius 2 is 1.91 bits per heavy atom. The Kier molecular flexibility index (Phi) is 9.72. The predicted molar refractivity (Wildman–Crippen MR) is 131 cm³/mol. The zero-order chi connectivity index (χ0) is 25.5. The van der Waals surface area contributed by atoms with Crippen LogP contribution >= 0.6 is 21.6 Å². The smallest absolute Gasteiger partial charge is 0.328 e. The van der Waals surface area contributed by atoms with Gasteiger partial charge >= 0.3 is 11.9 Å². The van der Waals surface area contributed by atoms with Crippen molar-refractivity contribution >= 4 is 45.2 Å². The molecule has 1 amide bonds. The van der Waals surface area contributed by atoms with Gasteiger partial charge in [0.15, 0.2) is 5.78 Å². The highest BCUT2D eigenvalue weighted by Gasteiger charge is 2.41. The van der Waals surface area contributed by atoms with Crippen molar-refractivity contribution in [3.05, 3.63) is 47.3 Å². The minimum absolute atomic E-state index is 0.0383. The molecule has 5 N–H and O–H groups in total. The van der Waals surface area contributed by atoms with Crippen molar-refractivity contribution in [1.29, 1.82) is 0 Å². The number of nitrogens with zero attached hydrogens (tertiary/aromatic N) is 1. The number of ketones is 1. The van der Waals surface area contributed by atoms with Gasteiger partial charge in [-0.1, -0.05) is 39.8 Å². The molecule has 3 atom stereocenters. The quantitative estimate of drug-likeness (QED) is 0.235.